The summed E-state index contributed by atoms with van der Waals surface area (Å²) in [6.07, 6.45) is 14.7. The van der Waals surface area contributed by atoms with Crippen molar-refractivity contribution in [3.05, 3.63) is 0 Å². The van der Waals surface area contributed by atoms with Gasteiger partial charge in [-0.2, -0.15) is 0 Å². The second-order valence-corrected chi connectivity index (χ2v) is 7.73. The first kappa shape index (κ1) is 25.9. The first-order chi connectivity index (χ1) is 13.0. The number of unbranched alkanes of at least 4 members (excludes halogenated alkanes) is 12. The van der Waals surface area contributed by atoms with Crippen molar-refractivity contribution in [3.63, 3.8) is 0 Å². The van der Waals surface area contributed by atoms with Gasteiger partial charge in [0.05, 0.1) is 13.0 Å². The van der Waals surface area contributed by atoms with Crippen LogP contribution in [0.2, 0.25) is 0 Å². The molecule has 0 radical (unpaired) electrons. The molecule has 0 amide bonds. The Morgan fingerprint density at radius 3 is 1.67 bits per heavy atom. The normalized spacial score (nSPS) is 13.3. The molecule has 1 unspecified atom stereocenters. The van der Waals surface area contributed by atoms with E-state index in [0.29, 0.717) is 6.42 Å². The molecule has 5 heteroatoms. The zero-order valence-electron chi connectivity index (χ0n) is 17.6. The largest absolute Gasteiger partial charge is 0.481 e. The average molecular weight is 387 g/mol. The van der Waals surface area contributed by atoms with Crippen molar-refractivity contribution in [1.82, 2.24) is 0 Å². The Morgan fingerprint density at radius 2 is 1.19 bits per heavy atom. The highest BCUT2D eigenvalue weighted by Crippen LogP contribution is 2.22. The predicted molar refractivity (Wildman–Crippen MR) is 109 cm³/mol. The van der Waals surface area contributed by atoms with Crippen molar-refractivity contribution in [2.45, 2.75) is 122 Å². The molecule has 2 N–H and O–H groups in total. The Labute approximate surface area is 165 Å². The van der Waals surface area contributed by atoms with Crippen molar-refractivity contribution in [2.24, 2.45) is 0 Å². The third-order valence-corrected chi connectivity index (χ3v) is 5.00. The molecule has 0 saturated heterocycles. The Kier molecular flexibility index (Phi) is 16.3. The Bertz CT molecular complexity index is 383. The number of carboxylic acid groups (broad SMARTS) is 1. The Hall–Kier alpha value is -1.10. The summed E-state index contributed by atoms with van der Waals surface area (Å²) in [6.45, 7) is 4.61. The summed E-state index contributed by atoms with van der Waals surface area (Å²) in [4.78, 5) is 23.3. The monoisotopic (exact) mass is 386 g/mol. The second-order valence-electron chi connectivity index (χ2n) is 7.73. The van der Waals surface area contributed by atoms with Crippen molar-refractivity contribution in [3.8, 4) is 0 Å². The highest BCUT2D eigenvalue weighted by atomic mass is 16.5. The summed E-state index contributed by atoms with van der Waals surface area (Å²) in [5.74, 6) is -1.95. The molecule has 0 fully saturated rings. The summed E-state index contributed by atoms with van der Waals surface area (Å²) in [5, 5.41) is 19.6. The van der Waals surface area contributed by atoms with Gasteiger partial charge < -0.3 is 14.9 Å². The average Bonchev–Trinajstić information content (AvgIpc) is 2.62. The van der Waals surface area contributed by atoms with Crippen molar-refractivity contribution in [1.29, 1.82) is 0 Å². The molecule has 0 heterocycles. The van der Waals surface area contributed by atoms with E-state index in [9.17, 15) is 14.7 Å². The number of carbonyl (C=O) groups is 2. The zero-order chi connectivity index (χ0) is 20.4. The van der Waals surface area contributed by atoms with Crippen LogP contribution in [0.3, 0.4) is 0 Å². The number of carbonyl (C=O) groups excluding carboxylic acids is 1. The highest BCUT2D eigenvalue weighted by Gasteiger charge is 2.39. The molecule has 0 saturated carbocycles. The van der Waals surface area contributed by atoms with Gasteiger partial charge in [-0.3, -0.25) is 4.79 Å². The molecule has 0 spiro atoms. The lowest BCUT2D eigenvalue weighted by molar-refractivity contribution is -0.172. The van der Waals surface area contributed by atoms with Crippen LogP contribution in [0, 0.1) is 0 Å². The van der Waals surface area contributed by atoms with Gasteiger partial charge in [-0.1, -0.05) is 90.9 Å². The summed E-state index contributed by atoms with van der Waals surface area (Å²) in [7, 11) is 0. The van der Waals surface area contributed by atoms with E-state index in [1.54, 1.807) is 0 Å². The fraction of sp³-hybridized carbons (Fsp3) is 0.909. The Morgan fingerprint density at radius 1 is 0.741 bits per heavy atom. The number of esters is 1. The number of aliphatic hydroxyl groups is 1. The standard InChI is InChI=1S/C22H42O5/c1-3-5-7-9-11-13-15-17-22(26,19-20(23)24)21(25)27-18-16-14-12-10-8-6-4-2/h26H,3-19H2,1-2H3,(H,23,24). The van der Waals surface area contributed by atoms with Gasteiger partial charge in [-0.15, -0.1) is 0 Å². The van der Waals surface area contributed by atoms with Crippen LogP contribution < -0.4 is 0 Å². The van der Waals surface area contributed by atoms with Gasteiger partial charge in [0.1, 0.15) is 0 Å². The number of rotatable bonds is 19. The highest BCUT2D eigenvalue weighted by molar-refractivity contribution is 5.85. The molecule has 5 nitrogen and oxygen atoms in total. The molecule has 0 aromatic carbocycles. The van der Waals surface area contributed by atoms with Crippen LogP contribution in [0.5, 0.6) is 0 Å². The van der Waals surface area contributed by atoms with Gasteiger partial charge >= 0.3 is 11.9 Å². The third kappa shape index (κ3) is 14.6. The molecule has 0 aromatic rings. The van der Waals surface area contributed by atoms with E-state index in [2.05, 4.69) is 13.8 Å². The van der Waals surface area contributed by atoms with E-state index in [-0.39, 0.29) is 13.0 Å². The lowest BCUT2D eigenvalue weighted by atomic mass is 9.92. The number of hydrogen-bond acceptors (Lipinski definition) is 4. The molecule has 0 aromatic heterocycles. The molecule has 0 bridgehead atoms. The molecule has 0 rings (SSSR count). The topological polar surface area (TPSA) is 83.8 Å². The number of carboxylic acids is 1. The minimum Gasteiger partial charge on any atom is -0.481 e. The minimum absolute atomic E-state index is 0.156. The second kappa shape index (κ2) is 17.0. The zero-order valence-corrected chi connectivity index (χ0v) is 17.6. The van der Waals surface area contributed by atoms with Gasteiger partial charge in [-0.05, 0) is 19.3 Å². The summed E-state index contributed by atoms with van der Waals surface area (Å²) >= 11 is 0. The van der Waals surface area contributed by atoms with Gasteiger partial charge in [0, 0.05) is 0 Å². The molecule has 0 aliphatic heterocycles. The molecular formula is C22H42O5. The van der Waals surface area contributed by atoms with Gasteiger partial charge in [0.2, 0.25) is 0 Å². The molecular weight excluding hydrogens is 344 g/mol. The maximum absolute atomic E-state index is 12.2. The predicted octanol–water partition coefficient (Wildman–Crippen LogP) is 5.63. The van der Waals surface area contributed by atoms with Crippen LogP contribution in [0.15, 0.2) is 0 Å². The number of hydrogen-bond donors (Lipinski definition) is 2. The first-order valence-electron chi connectivity index (χ1n) is 11.1. The molecule has 27 heavy (non-hydrogen) atoms. The van der Waals surface area contributed by atoms with E-state index in [1.165, 1.54) is 44.9 Å². The first-order valence-corrected chi connectivity index (χ1v) is 11.1. The van der Waals surface area contributed by atoms with E-state index in [0.717, 1.165) is 38.5 Å². The smallest absolute Gasteiger partial charge is 0.338 e. The summed E-state index contributed by atoms with van der Waals surface area (Å²) in [6, 6.07) is 0. The molecule has 0 aliphatic rings. The minimum atomic E-state index is -1.89. The van der Waals surface area contributed by atoms with Crippen LogP contribution in [0.4, 0.5) is 0 Å². The van der Waals surface area contributed by atoms with Crippen LogP contribution in [0.1, 0.15) is 117 Å². The SMILES string of the molecule is CCCCCCCCCOC(=O)C(O)(CCCCCCCCC)CC(=O)O. The van der Waals surface area contributed by atoms with E-state index in [1.807, 2.05) is 0 Å². The van der Waals surface area contributed by atoms with Crippen LogP contribution in [0.25, 0.3) is 0 Å². The summed E-state index contributed by atoms with van der Waals surface area (Å²) < 4.78 is 5.19. The van der Waals surface area contributed by atoms with Gasteiger partial charge in [0.15, 0.2) is 5.60 Å². The molecule has 160 valence electrons. The van der Waals surface area contributed by atoms with Crippen LogP contribution >= 0.6 is 0 Å². The van der Waals surface area contributed by atoms with E-state index >= 15 is 0 Å². The van der Waals surface area contributed by atoms with Crippen LogP contribution in [-0.2, 0) is 14.3 Å². The van der Waals surface area contributed by atoms with E-state index < -0.39 is 24.0 Å². The lowest BCUT2D eigenvalue weighted by Crippen LogP contribution is -2.42. The quantitative estimate of drug-likeness (QED) is 0.222. The maximum atomic E-state index is 12.2. The van der Waals surface area contributed by atoms with Crippen molar-refractivity contribution >= 4 is 11.9 Å². The number of ether oxygens (including phenoxy) is 1. The van der Waals surface area contributed by atoms with Gasteiger partial charge in [0.25, 0.3) is 0 Å². The molecule has 0 aliphatic carbocycles. The van der Waals surface area contributed by atoms with Crippen LogP contribution in [-0.4, -0.2) is 34.4 Å². The van der Waals surface area contributed by atoms with E-state index in [4.69, 9.17) is 9.84 Å². The number of aliphatic carboxylic acids is 1. The fourth-order valence-electron chi connectivity index (χ4n) is 3.25. The van der Waals surface area contributed by atoms with Crippen molar-refractivity contribution < 1.29 is 24.5 Å². The third-order valence-electron chi connectivity index (χ3n) is 5.00. The lowest BCUT2D eigenvalue weighted by Gasteiger charge is -2.24. The van der Waals surface area contributed by atoms with Gasteiger partial charge in [-0.25, -0.2) is 4.79 Å². The molecule has 1 atom stereocenters. The maximum Gasteiger partial charge on any atom is 0.338 e. The van der Waals surface area contributed by atoms with Crippen molar-refractivity contribution in [2.75, 3.05) is 6.61 Å². The Balaban J connectivity index is 4.08. The fourth-order valence-corrected chi connectivity index (χ4v) is 3.25. The summed E-state index contributed by atoms with van der Waals surface area (Å²) in [5.41, 5.74) is -1.89.